The van der Waals surface area contributed by atoms with Crippen molar-refractivity contribution in [1.29, 1.82) is 0 Å². The van der Waals surface area contributed by atoms with E-state index in [1.165, 1.54) is 17.5 Å². The summed E-state index contributed by atoms with van der Waals surface area (Å²) < 4.78 is 0. The summed E-state index contributed by atoms with van der Waals surface area (Å²) in [4.78, 5) is 22.9. The lowest BCUT2D eigenvalue weighted by Gasteiger charge is -2.37. The van der Waals surface area contributed by atoms with Gasteiger partial charge in [-0.1, -0.05) is 6.92 Å². The number of nitrogens with one attached hydrogen (secondary N) is 3. The minimum Gasteiger partial charge on any atom is -0.343 e. The Morgan fingerprint density at radius 3 is 2.69 bits per heavy atom. The highest BCUT2D eigenvalue weighted by Gasteiger charge is 2.30. The van der Waals surface area contributed by atoms with E-state index in [-0.39, 0.29) is 12.2 Å². The Morgan fingerprint density at radius 2 is 2.03 bits per heavy atom. The van der Waals surface area contributed by atoms with Gasteiger partial charge in [-0.3, -0.25) is 4.90 Å². The third-order valence-corrected chi connectivity index (χ3v) is 5.34. The van der Waals surface area contributed by atoms with Gasteiger partial charge in [0, 0.05) is 42.2 Å². The minimum absolute atomic E-state index is 0.0596. The molecule has 0 aromatic heterocycles. The highest BCUT2D eigenvalue weighted by atomic mass is 16.2. The molecule has 0 fully saturated rings. The third kappa shape index (κ3) is 5.10. The van der Waals surface area contributed by atoms with E-state index < -0.39 is 0 Å². The Kier molecular flexibility index (Phi) is 7.17. The van der Waals surface area contributed by atoms with Gasteiger partial charge in [0.05, 0.1) is 0 Å². The van der Waals surface area contributed by atoms with Crippen molar-refractivity contribution in [1.82, 2.24) is 15.5 Å². The predicted octanol–water partition coefficient (Wildman–Crippen LogP) is 3.35. The topological polar surface area (TPSA) is 81.1 Å². The largest absolute Gasteiger partial charge is 0.345 e. The Labute approximate surface area is 173 Å². The van der Waals surface area contributed by atoms with Gasteiger partial charge in [0.25, 0.3) is 0 Å². The lowest BCUT2D eigenvalue weighted by atomic mass is 10.0. The summed E-state index contributed by atoms with van der Waals surface area (Å²) in [5.74, 6) is 0.888. The number of carbonyl (C=O) groups is 1. The second-order valence-corrected chi connectivity index (χ2v) is 7.55. The van der Waals surface area contributed by atoms with Crippen LogP contribution in [0, 0.1) is 0 Å². The number of likely N-dealkylation sites (N-methyl/N-ethyl adjacent to an activating group) is 1. The van der Waals surface area contributed by atoms with E-state index in [0.717, 1.165) is 43.9 Å². The number of rotatable bonds is 5. The lowest BCUT2D eigenvalue weighted by molar-refractivity contribution is 0.184. The highest BCUT2D eigenvalue weighted by Crippen LogP contribution is 2.27. The van der Waals surface area contributed by atoms with Gasteiger partial charge in [-0.2, -0.15) is 0 Å². The number of urea groups is 1. The van der Waals surface area contributed by atoms with Gasteiger partial charge in [0.1, 0.15) is 12.0 Å². The Morgan fingerprint density at radius 1 is 1.31 bits per heavy atom. The summed E-state index contributed by atoms with van der Waals surface area (Å²) in [7, 11) is 0. The maximum atomic E-state index is 11.6. The van der Waals surface area contributed by atoms with Gasteiger partial charge in [0.15, 0.2) is 0 Å². The van der Waals surface area contributed by atoms with Gasteiger partial charge in [-0.15, -0.1) is 0 Å². The molecule has 3 N–H and O–H groups in total. The number of amides is 2. The van der Waals surface area contributed by atoms with Crippen LogP contribution in [0.3, 0.4) is 0 Å². The molecule has 0 saturated carbocycles. The molecule has 2 aliphatic heterocycles. The first-order valence-electron chi connectivity index (χ1n) is 10.5. The Bertz CT molecular complexity index is 809. The molecule has 0 radical (unpaired) electrons. The summed E-state index contributed by atoms with van der Waals surface area (Å²) in [6, 6.07) is 7.78. The van der Waals surface area contributed by atoms with Crippen molar-refractivity contribution in [3.05, 3.63) is 41.1 Å². The molecule has 3 rings (SSSR count). The van der Waals surface area contributed by atoms with Crippen molar-refractivity contribution in [2.24, 2.45) is 9.98 Å². The first kappa shape index (κ1) is 21.2. The SMILES string of the molecule is CC=NC(=O)Nc1ccc(C2=NC(N(CC)C(C)C)C3=C(CCNCC3)N2)cc1. The van der Waals surface area contributed by atoms with Crippen LogP contribution in [0.4, 0.5) is 10.5 Å². The van der Waals surface area contributed by atoms with Crippen molar-refractivity contribution in [2.45, 2.75) is 52.7 Å². The van der Waals surface area contributed by atoms with Crippen LogP contribution < -0.4 is 16.0 Å². The van der Waals surface area contributed by atoms with Crippen LogP contribution in [0.2, 0.25) is 0 Å². The van der Waals surface area contributed by atoms with Gasteiger partial charge >= 0.3 is 6.03 Å². The van der Waals surface area contributed by atoms with E-state index >= 15 is 0 Å². The van der Waals surface area contributed by atoms with Crippen LogP contribution in [0.1, 0.15) is 46.1 Å². The van der Waals surface area contributed by atoms with Crippen LogP contribution in [0.25, 0.3) is 0 Å². The molecule has 1 aromatic carbocycles. The standard InChI is InChI=1S/C22H32N6O/c1-5-24-22(29)25-17-9-7-16(8-10-17)20-26-19-12-14-23-13-11-18(19)21(27-20)28(6-2)15(3)4/h5,7-10,15,21,23H,6,11-14H2,1-4H3,(H,25,29)(H,26,27). The number of anilines is 1. The van der Waals surface area contributed by atoms with Gasteiger partial charge in [-0.05, 0) is 70.1 Å². The van der Waals surface area contributed by atoms with E-state index in [9.17, 15) is 4.79 Å². The number of carbonyl (C=O) groups excluding carboxylic acids is 1. The first-order valence-corrected chi connectivity index (χ1v) is 10.5. The zero-order chi connectivity index (χ0) is 20.8. The highest BCUT2D eigenvalue weighted by molar-refractivity contribution is 6.01. The number of benzene rings is 1. The molecule has 156 valence electrons. The van der Waals surface area contributed by atoms with Gasteiger partial charge in [0.2, 0.25) is 0 Å². The minimum atomic E-state index is -0.371. The molecule has 0 aliphatic carbocycles. The van der Waals surface area contributed by atoms with Crippen molar-refractivity contribution in [3.63, 3.8) is 0 Å². The second-order valence-electron chi connectivity index (χ2n) is 7.55. The number of nitrogens with zero attached hydrogens (tertiary/aromatic N) is 3. The zero-order valence-electron chi connectivity index (χ0n) is 17.8. The summed E-state index contributed by atoms with van der Waals surface area (Å²) in [5.41, 5.74) is 4.41. The molecule has 0 spiro atoms. The molecule has 7 heteroatoms. The molecule has 0 saturated heterocycles. The maximum absolute atomic E-state index is 11.6. The Balaban J connectivity index is 1.88. The third-order valence-electron chi connectivity index (χ3n) is 5.34. The number of aliphatic imine (C=N–C) groups is 2. The van der Waals surface area contributed by atoms with Crippen LogP contribution in [-0.4, -0.2) is 54.8 Å². The van der Waals surface area contributed by atoms with Crippen molar-refractivity contribution in [3.8, 4) is 0 Å². The average Bonchev–Trinajstić information content (AvgIpc) is 2.94. The lowest BCUT2D eigenvalue weighted by Crippen LogP contribution is -2.46. The molecule has 1 aromatic rings. The molecule has 7 nitrogen and oxygen atoms in total. The smallest absolute Gasteiger partial charge is 0.343 e. The summed E-state index contributed by atoms with van der Waals surface area (Å²) >= 11 is 0. The maximum Gasteiger partial charge on any atom is 0.345 e. The quantitative estimate of drug-likeness (QED) is 0.667. The van der Waals surface area contributed by atoms with Crippen molar-refractivity contribution < 1.29 is 4.79 Å². The first-order chi connectivity index (χ1) is 14.0. The fourth-order valence-electron chi connectivity index (χ4n) is 3.90. The van der Waals surface area contributed by atoms with E-state index in [1.54, 1.807) is 6.92 Å². The van der Waals surface area contributed by atoms with Crippen LogP contribution in [-0.2, 0) is 0 Å². The van der Waals surface area contributed by atoms with E-state index in [4.69, 9.17) is 4.99 Å². The van der Waals surface area contributed by atoms with Crippen LogP contribution in [0.15, 0.2) is 45.5 Å². The number of amidine groups is 1. The van der Waals surface area contributed by atoms with Crippen LogP contribution in [0.5, 0.6) is 0 Å². The fourth-order valence-corrected chi connectivity index (χ4v) is 3.90. The molecule has 2 heterocycles. The average molecular weight is 397 g/mol. The molecule has 2 aliphatic rings. The number of hydrogen-bond donors (Lipinski definition) is 3. The zero-order valence-corrected chi connectivity index (χ0v) is 17.8. The Hall–Kier alpha value is -2.51. The molecule has 1 unspecified atom stereocenters. The molecule has 2 amide bonds. The van der Waals surface area contributed by atoms with E-state index in [1.807, 2.05) is 24.3 Å². The summed E-state index contributed by atoms with van der Waals surface area (Å²) in [6.45, 7) is 11.3. The summed E-state index contributed by atoms with van der Waals surface area (Å²) in [5, 5.41) is 9.84. The molecule has 1 atom stereocenters. The van der Waals surface area contributed by atoms with E-state index in [2.05, 4.69) is 46.6 Å². The molecule has 29 heavy (non-hydrogen) atoms. The molecule has 0 bridgehead atoms. The van der Waals surface area contributed by atoms with E-state index in [0.29, 0.717) is 11.7 Å². The molecular weight excluding hydrogens is 364 g/mol. The fraction of sp³-hybridized carbons (Fsp3) is 0.500. The van der Waals surface area contributed by atoms with Crippen LogP contribution >= 0.6 is 0 Å². The second kappa shape index (κ2) is 9.80. The molecular formula is C22H32N6O. The van der Waals surface area contributed by atoms with Crippen molar-refractivity contribution >= 4 is 23.8 Å². The van der Waals surface area contributed by atoms with Gasteiger partial charge in [-0.25, -0.2) is 14.8 Å². The normalized spacial score (nSPS) is 19.8. The monoisotopic (exact) mass is 396 g/mol. The number of hydrogen-bond acceptors (Lipinski definition) is 5. The van der Waals surface area contributed by atoms with Gasteiger partial charge < -0.3 is 16.0 Å². The summed E-state index contributed by atoms with van der Waals surface area (Å²) in [6.07, 6.45) is 3.52. The van der Waals surface area contributed by atoms with Crippen molar-refractivity contribution in [2.75, 3.05) is 25.0 Å². The predicted molar refractivity (Wildman–Crippen MR) is 120 cm³/mol.